The predicted octanol–water partition coefficient (Wildman–Crippen LogP) is 1.63. The largest absolute Gasteiger partial charge is 0.398 e. The Morgan fingerprint density at radius 1 is 1.47 bits per heavy atom. The molecule has 2 rings (SSSR count). The first-order valence-electron chi connectivity index (χ1n) is 4.51. The van der Waals surface area contributed by atoms with Crippen LogP contribution in [-0.4, -0.2) is 9.55 Å². The van der Waals surface area contributed by atoms with E-state index < -0.39 is 0 Å². The maximum atomic E-state index is 8.84. The number of benzene rings is 1. The molecule has 0 unspecified atom stereocenters. The fourth-order valence-corrected chi connectivity index (χ4v) is 1.36. The summed E-state index contributed by atoms with van der Waals surface area (Å²) in [5.41, 5.74) is 8.44. The Hall–Kier alpha value is -2.28. The molecular formula is C11H10N4. The first kappa shape index (κ1) is 9.28. The first-order valence-corrected chi connectivity index (χ1v) is 4.51. The van der Waals surface area contributed by atoms with Crippen molar-refractivity contribution in [1.82, 2.24) is 9.55 Å². The average molecular weight is 198 g/mol. The minimum absolute atomic E-state index is 0.485. The topological polar surface area (TPSA) is 67.6 Å². The number of hydrogen-bond donors (Lipinski definition) is 1. The number of imidazole rings is 1. The molecule has 0 bridgehead atoms. The summed E-state index contributed by atoms with van der Waals surface area (Å²) in [5.74, 6) is 0. The summed E-state index contributed by atoms with van der Waals surface area (Å²) in [4.78, 5) is 4.12. The number of rotatable bonds is 1. The minimum atomic E-state index is 0.485. The molecule has 0 atom stereocenters. The van der Waals surface area contributed by atoms with Gasteiger partial charge in [-0.2, -0.15) is 5.26 Å². The van der Waals surface area contributed by atoms with E-state index >= 15 is 0 Å². The second-order valence-electron chi connectivity index (χ2n) is 3.31. The smallest absolute Gasteiger partial charge is 0.101 e. The second-order valence-corrected chi connectivity index (χ2v) is 3.31. The van der Waals surface area contributed by atoms with Crippen LogP contribution in [0.4, 0.5) is 5.69 Å². The third-order valence-corrected chi connectivity index (χ3v) is 2.17. The van der Waals surface area contributed by atoms with Gasteiger partial charge in [-0.05, 0) is 25.1 Å². The van der Waals surface area contributed by atoms with E-state index in [1.54, 1.807) is 18.5 Å². The summed E-state index contributed by atoms with van der Waals surface area (Å²) in [6.45, 7) is 1.92. The van der Waals surface area contributed by atoms with Gasteiger partial charge in [0.15, 0.2) is 0 Å². The van der Waals surface area contributed by atoms with Crippen LogP contribution in [0.5, 0.6) is 0 Å². The quantitative estimate of drug-likeness (QED) is 0.708. The van der Waals surface area contributed by atoms with Crippen LogP contribution < -0.4 is 5.73 Å². The lowest BCUT2D eigenvalue weighted by Gasteiger charge is -2.03. The lowest BCUT2D eigenvalue weighted by atomic mass is 10.2. The molecule has 4 nitrogen and oxygen atoms in total. The molecular weight excluding hydrogens is 188 g/mol. The van der Waals surface area contributed by atoms with Gasteiger partial charge in [-0.1, -0.05) is 0 Å². The molecule has 15 heavy (non-hydrogen) atoms. The van der Waals surface area contributed by atoms with Crippen LogP contribution in [0.1, 0.15) is 11.3 Å². The second kappa shape index (κ2) is 3.46. The molecule has 0 aliphatic carbocycles. The van der Waals surface area contributed by atoms with Crippen molar-refractivity contribution in [2.24, 2.45) is 0 Å². The van der Waals surface area contributed by atoms with E-state index in [9.17, 15) is 0 Å². The van der Waals surface area contributed by atoms with Crippen LogP contribution >= 0.6 is 0 Å². The average Bonchev–Trinajstić information content (AvgIpc) is 2.66. The van der Waals surface area contributed by atoms with Crippen LogP contribution in [-0.2, 0) is 0 Å². The van der Waals surface area contributed by atoms with Gasteiger partial charge >= 0.3 is 0 Å². The summed E-state index contributed by atoms with van der Waals surface area (Å²) < 4.78 is 1.86. The molecule has 74 valence electrons. The lowest BCUT2D eigenvalue weighted by Crippen LogP contribution is -1.95. The van der Waals surface area contributed by atoms with E-state index in [0.29, 0.717) is 11.3 Å². The van der Waals surface area contributed by atoms with Gasteiger partial charge in [0.25, 0.3) is 0 Å². The van der Waals surface area contributed by atoms with Gasteiger partial charge in [0.2, 0.25) is 0 Å². The summed E-state index contributed by atoms with van der Waals surface area (Å²) >= 11 is 0. The van der Waals surface area contributed by atoms with Gasteiger partial charge in [-0.15, -0.1) is 0 Å². The van der Waals surface area contributed by atoms with E-state index in [0.717, 1.165) is 11.4 Å². The maximum absolute atomic E-state index is 8.84. The molecule has 0 amide bonds. The van der Waals surface area contributed by atoms with Crippen molar-refractivity contribution in [2.75, 3.05) is 5.73 Å². The molecule has 0 fully saturated rings. The Morgan fingerprint density at radius 3 is 2.87 bits per heavy atom. The number of aryl methyl sites for hydroxylation is 1. The molecule has 0 spiro atoms. The fraction of sp³-hybridized carbons (Fsp3) is 0.0909. The zero-order chi connectivity index (χ0) is 10.8. The molecule has 0 saturated carbocycles. The van der Waals surface area contributed by atoms with Crippen molar-refractivity contribution in [3.05, 3.63) is 42.0 Å². The van der Waals surface area contributed by atoms with Crippen molar-refractivity contribution in [2.45, 2.75) is 6.92 Å². The Bertz CT molecular complexity index is 534. The zero-order valence-electron chi connectivity index (χ0n) is 8.31. The fourth-order valence-electron chi connectivity index (χ4n) is 1.36. The number of nitrogens with zero attached hydrogens (tertiary/aromatic N) is 3. The Labute approximate surface area is 87.6 Å². The van der Waals surface area contributed by atoms with Gasteiger partial charge in [0, 0.05) is 17.6 Å². The summed E-state index contributed by atoms with van der Waals surface area (Å²) in [5, 5.41) is 8.84. The van der Waals surface area contributed by atoms with Crippen LogP contribution in [0.25, 0.3) is 5.69 Å². The van der Waals surface area contributed by atoms with Crippen LogP contribution in [0.3, 0.4) is 0 Å². The molecule has 2 aromatic rings. The number of nitrogen functional groups attached to an aromatic ring is 1. The molecule has 0 aliphatic heterocycles. The molecule has 0 saturated heterocycles. The minimum Gasteiger partial charge on any atom is -0.398 e. The molecule has 1 aromatic carbocycles. The highest BCUT2D eigenvalue weighted by Crippen LogP contribution is 2.16. The standard InChI is InChI=1S/C11H10N4/c1-8-6-15(7-14-8)10-2-3-11(13)9(4-10)5-12/h2-4,6-7H,13H2,1H3. The van der Waals surface area contributed by atoms with Crippen molar-refractivity contribution in [3.63, 3.8) is 0 Å². The molecule has 1 heterocycles. The molecule has 2 N–H and O–H groups in total. The van der Waals surface area contributed by atoms with Crippen LogP contribution in [0.15, 0.2) is 30.7 Å². The highest BCUT2D eigenvalue weighted by Gasteiger charge is 2.02. The summed E-state index contributed by atoms with van der Waals surface area (Å²) in [7, 11) is 0. The van der Waals surface area contributed by atoms with Gasteiger partial charge in [-0.3, -0.25) is 0 Å². The van der Waals surface area contributed by atoms with E-state index in [1.807, 2.05) is 23.8 Å². The predicted molar refractivity (Wildman–Crippen MR) is 57.4 cm³/mol. The maximum Gasteiger partial charge on any atom is 0.101 e. The number of nitrogens with two attached hydrogens (primary N) is 1. The number of nitriles is 1. The van der Waals surface area contributed by atoms with E-state index in [-0.39, 0.29) is 0 Å². The lowest BCUT2D eigenvalue weighted by molar-refractivity contribution is 1.06. The summed E-state index contributed by atoms with van der Waals surface area (Å²) in [6.07, 6.45) is 3.61. The van der Waals surface area contributed by atoms with Crippen molar-refractivity contribution in [1.29, 1.82) is 5.26 Å². The Kier molecular flexibility index (Phi) is 2.14. The van der Waals surface area contributed by atoms with Crippen molar-refractivity contribution >= 4 is 5.69 Å². The van der Waals surface area contributed by atoms with Gasteiger partial charge in [0.1, 0.15) is 6.07 Å². The highest BCUT2D eigenvalue weighted by atomic mass is 15.0. The molecule has 4 heteroatoms. The zero-order valence-corrected chi connectivity index (χ0v) is 8.31. The third-order valence-electron chi connectivity index (χ3n) is 2.17. The normalized spacial score (nSPS) is 9.87. The first-order chi connectivity index (χ1) is 7.20. The number of anilines is 1. The van der Waals surface area contributed by atoms with Gasteiger partial charge in [0.05, 0.1) is 17.6 Å². The van der Waals surface area contributed by atoms with Gasteiger partial charge in [-0.25, -0.2) is 4.98 Å². The Balaban J connectivity index is 2.51. The monoisotopic (exact) mass is 198 g/mol. The van der Waals surface area contributed by atoms with Crippen molar-refractivity contribution in [3.8, 4) is 11.8 Å². The highest BCUT2D eigenvalue weighted by molar-refractivity contribution is 5.58. The van der Waals surface area contributed by atoms with Crippen LogP contribution in [0.2, 0.25) is 0 Å². The third kappa shape index (κ3) is 1.67. The molecule has 0 aliphatic rings. The van der Waals surface area contributed by atoms with E-state index in [4.69, 9.17) is 11.0 Å². The van der Waals surface area contributed by atoms with Gasteiger partial charge < -0.3 is 10.3 Å². The molecule has 1 aromatic heterocycles. The summed E-state index contributed by atoms with van der Waals surface area (Å²) in [6, 6.07) is 7.38. The van der Waals surface area contributed by atoms with Crippen molar-refractivity contribution < 1.29 is 0 Å². The number of hydrogen-bond acceptors (Lipinski definition) is 3. The van der Waals surface area contributed by atoms with Crippen LogP contribution in [0, 0.1) is 18.3 Å². The van der Waals surface area contributed by atoms with E-state index in [2.05, 4.69) is 11.1 Å². The Morgan fingerprint density at radius 2 is 2.27 bits per heavy atom. The number of aromatic nitrogens is 2. The van der Waals surface area contributed by atoms with E-state index in [1.165, 1.54) is 0 Å². The molecule has 0 radical (unpaired) electrons. The SMILES string of the molecule is Cc1cn(-c2ccc(N)c(C#N)c2)cn1.